The van der Waals surface area contributed by atoms with Crippen LogP contribution >= 0.6 is 27.5 Å². The van der Waals surface area contributed by atoms with E-state index in [1.54, 1.807) is 12.4 Å². The number of halogens is 2. The predicted molar refractivity (Wildman–Crippen MR) is 77.3 cm³/mol. The van der Waals surface area contributed by atoms with Crippen molar-refractivity contribution in [2.45, 2.75) is 19.1 Å². The molecule has 1 heterocycles. The Bertz CT molecular complexity index is 559. The Hall–Kier alpha value is -0.880. The molecule has 0 fully saturated rings. The SMILES string of the molecule is OCC(O)Cn1ccnc1Cc1ccc(Cl)c(Br)c1. The van der Waals surface area contributed by atoms with Gasteiger partial charge in [-0.05, 0) is 33.6 Å². The first-order chi connectivity index (χ1) is 9.10. The van der Waals surface area contributed by atoms with Crippen LogP contribution in [0, 0.1) is 0 Å². The Morgan fingerprint density at radius 2 is 2.21 bits per heavy atom. The van der Waals surface area contributed by atoms with Crippen LogP contribution in [-0.4, -0.2) is 32.5 Å². The highest BCUT2D eigenvalue weighted by atomic mass is 79.9. The molecular weight excluding hydrogens is 332 g/mol. The van der Waals surface area contributed by atoms with Crippen molar-refractivity contribution in [3.8, 4) is 0 Å². The van der Waals surface area contributed by atoms with Crippen LogP contribution in [0.4, 0.5) is 0 Å². The smallest absolute Gasteiger partial charge is 0.113 e. The summed E-state index contributed by atoms with van der Waals surface area (Å²) in [4.78, 5) is 4.27. The minimum Gasteiger partial charge on any atom is -0.394 e. The molecule has 4 nitrogen and oxygen atoms in total. The van der Waals surface area contributed by atoms with E-state index in [0.717, 1.165) is 15.9 Å². The summed E-state index contributed by atoms with van der Waals surface area (Å²) in [6, 6.07) is 5.72. The summed E-state index contributed by atoms with van der Waals surface area (Å²) < 4.78 is 2.68. The summed E-state index contributed by atoms with van der Waals surface area (Å²) in [6.45, 7) is 0.0741. The highest BCUT2D eigenvalue weighted by molar-refractivity contribution is 9.10. The highest BCUT2D eigenvalue weighted by Crippen LogP contribution is 2.24. The summed E-state index contributed by atoms with van der Waals surface area (Å²) >= 11 is 9.34. The average Bonchev–Trinajstić information content (AvgIpc) is 2.81. The molecule has 0 radical (unpaired) electrons. The Labute approximate surface area is 124 Å². The second-order valence-corrected chi connectivity index (χ2v) is 5.52. The van der Waals surface area contributed by atoms with Gasteiger partial charge in [0.05, 0.1) is 24.3 Å². The van der Waals surface area contributed by atoms with Crippen molar-refractivity contribution in [2.24, 2.45) is 0 Å². The Morgan fingerprint density at radius 3 is 2.89 bits per heavy atom. The van der Waals surface area contributed by atoms with E-state index in [9.17, 15) is 5.11 Å². The first-order valence-corrected chi connectivity index (χ1v) is 7.00. The lowest BCUT2D eigenvalue weighted by Crippen LogP contribution is -2.20. The van der Waals surface area contributed by atoms with Crippen LogP contribution in [-0.2, 0) is 13.0 Å². The van der Waals surface area contributed by atoms with Gasteiger partial charge in [-0.25, -0.2) is 4.98 Å². The van der Waals surface area contributed by atoms with Gasteiger partial charge in [-0.1, -0.05) is 17.7 Å². The van der Waals surface area contributed by atoms with Crippen LogP contribution < -0.4 is 0 Å². The van der Waals surface area contributed by atoms with Gasteiger partial charge in [-0.3, -0.25) is 0 Å². The zero-order valence-corrected chi connectivity index (χ0v) is 12.5. The van der Waals surface area contributed by atoms with E-state index in [2.05, 4.69) is 20.9 Å². The minimum atomic E-state index is -0.773. The van der Waals surface area contributed by atoms with E-state index in [-0.39, 0.29) is 6.61 Å². The summed E-state index contributed by atoms with van der Waals surface area (Å²) in [5.74, 6) is 0.835. The Morgan fingerprint density at radius 1 is 1.42 bits per heavy atom. The normalized spacial score (nSPS) is 12.6. The van der Waals surface area contributed by atoms with Gasteiger partial charge >= 0.3 is 0 Å². The summed E-state index contributed by atoms with van der Waals surface area (Å²) in [5, 5.41) is 19.0. The first-order valence-electron chi connectivity index (χ1n) is 5.83. The summed E-state index contributed by atoms with van der Waals surface area (Å²) in [7, 11) is 0. The molecule has 2 N–H and O–H groups in total. The molecule has 1 aromatic heterocycles. The number of rotatable bonds is 5. The van der Waals surface area contributed by atoms with Crippen LogP contribution in [0.25, 0.3) is 0 Å². The number of hydrogen-bond donors (Lipinski definition) is 2. The van der Waals surface area contributed by atoms with Gasteiger partial charge in [0.25, 0.3) is 0 Å². The highest BCUT2D eigenvalue weighted by Gasteiger charge is 2.09. The number of hydrogen-bond acceptors (Lipinski definition) is 3. The van der Waals surface area contributed by atoms with E-state index in [4.69, 9.17) is 16.7 Å². The molecule has 0 aliphatic heterocycles. The molecule has 2 rings (SSSR count). The molecular formula is C13H14BrClN2O2. The first kappa shape index (κ1) is 14.5. The zero-order chi connectivity index (χ0) is 13.8. The summed E-state index contributed by atoms with van der Waals surface area (Å²) in [6.07, 6.45) is 3.34. The Kier molecular flexibility index (Phi) is 4.99. The number of aliphatic hydroxyl groups excluding tert-OH is 2. The van der Waals surface area contributed by atoms with E-state index in [1.807, 2.05) is 22.8 Å². The predicted octanol–water partition coefficient (Wildman–Crippen LogP) is 2.24. The fourth-order valence-electron chi connectivity index (χ4n) is 1.79. The van der Waals surface area contributed by atoms with Crippen LogP contribution in [0.3, 0.4) is 0 Å². The van der Waals surface area contributed by atoms with E-state index in [0.29, 0.717) is 18.0 Å². The van der Waals surface area contributed by atoms with Gasteiger partial charge in [0.1, 0.15) is 5.82 Å². The van der Waals surface area contributed by atoms with Gasteiger partial charge in [0, 0.05) is 23.3 Å². The molecule has 2 aromatic rings. The molecule has 102 valence electrons. The van der Waals surface area contributed by atoms with Crippen molar-refractivity contribution in [2.75, 3.05) is 6.61 Å². The van der Waals surface area contributed by atoms with Gasteiger partial charge in [-0.15, -0.1) is 0 Å². The van der Waals surface area contributed by atoms with Crippen LogP contribution in [0.1, 0.15) is 11.4 Å². The molecule has 1 aromatic carbocycles. The van der Waals surface area contributed by atoms with Crippen LogP contribution in [0.15, 0.2) is 35.1 Å². The third kappa shape index (κ3) is 3.79. The molecule has 6 heteroatoms. The molecule has 19 heavy (non-hydrogen) atoms. The lowest BCUT2D eigenvalue weighted by atomic mass is 10.1. The minimum absolute atomic E-state index is 0.260. The fraction of sp³-hybridized carbons (Fsp3) is 0.308. The van der Waals surface area contributed by atoms with E-state index < -0.39 is 6.10 Å². The molecule has 0 saturated carbocycles. The maximum atomic E-state index is 9.48. The number of aromatic nitrogens is 2. The van der Waals surface area contributed by atoms with Crippen molar-refractivity contribution in [1.29, 1.82) is 0 Å². The van der Waals surface area contributed by atoms with Gasteiger partial charge in [0.2, 0.25) is 0 Å². The van der Waals surface area contributed by atoms with E-state index >= 15 is 0 Å². The number of nitrogens with zero attached hydrogens (tertiary/aromatic N) is 2. The molecule has 0 saturated heterocycles. The standard InChI is InChI=1S/C13H14BrClN2O2/c14-11-5-9(1-2-12(11)15)6-13-16-3-4-17(13)7-10(19)8-18/h1-5,10,18-19H,6-8H2. The average molecular weight is 346 g/mol. The lowest BCUT2D eigenvalue weighted by molar-refractivity contribution is 0.0806. The number of imidazole rings is 1. The maximum absolute atomic E-state index is 9.48. The molecule has 0 bridgehead atoms. The van der Waals surface area contributed by atoms with Crippen molar-refractivity contribution in [3.63, 3.8) is 0 Å². The molecule has 0 aliphatic carbocycles. The van der Waals surface area contributed by atoms with Crippen LogP contribution in [0.5, 0.6) is 0 Å². The zero-order valence-electron chi connectivity index (χ0n) is 10.1. The second-order valence-electron chi connectivity index (χ2n) is 4.26. The quantitative estimate of drug-likeness (QED) is 0.874. The van der Waals surface area contributed by atoms with E-state index in [1.165, 1.54) is 0 Å². The topological polar surface area (TPSA) is 58.3 Å². The van der Waals surface area contributed by atoms with Crippen LogP contribution in [0.2, 0.25) is 5.02 Å². The molecule has 0 spiro atoms. The van der Waals surface area contributed by atoms with Crippen molar-refractivity contribution in [1.82, 2.24) is 9.55 Å². The maximum Gasteiger partial charge on any atom is 0.113 e. The molecule has 1 atom stereocenters. The molecule has 0 amide bonds. The monoisotopic (exact) mass is 344 g/mol. The third-order valence-electron chi connectivity index (χ3n) is 2.77. The summed E-state index contributed by atoms with van der Waals surface area (Å²) in [5.41, 5.74) is 1.07. The largest absolute Gasteiger partial charge is 0.394 e. The van der Waals surface area contributed by atoms with Gasteiger partial charge < -0.3 is 14.8 Å². The molecule has 1 unspecified atom stereocenters. The second kappa shape index (κ2) is 6.52. The van der Waals surface area contributed by atoms with Crippen molar-refractivity contribution >= 4 is 27.5 Å². The number of aliphatic hydroxyl groups is 2. The fourth-order valence-corrected chi connectivity index (χ4v) is 2.33. The van der Waals surface area contributed by atoms with Gasteiger partial charge in [0.15, 0.2) is 0 Å². The molecule has 0 aliphatic rings. The Balaban J connectivity index is 2.14. The van der Waals surface area contributed by atoms with Crippen molar-refractivity contribution < 1.29 is 10.2 Å². The lowest BCUT2D eigenvalue weighted by Gasteiger charge is -2.11. The third-order valence-corrected chi connectivity index (χ3v) is 3.98. The van der Waals surface area contributed by atoms with Gasteiger partial charge in [-0.2, -0.15) is 0 Å². The van der Waals surface area contributed by atoms with Crippen molar-refractivity contribution in [3.05, 3.63) is 51.5 Å². The number of benzene rings is 1.